The Morgan fingerprint density at radius 1 is 1.10 bits per heavy atom. The van der Waals surface area contributed by atoms with Crippen LogP contribution in [0.5, 0.6) is 0 Å². The zero-order valence-electron chi connectivity index (χ0n) is 19.1. The Balaban J connectivity index is 2.61. The fraction of sp³-hybridized carbons (Fsp3) is 0.905. The first kappa shape index (κ1) is 25.5. The average Bonchev–Trinajstić information content (AvgIpc) is 2.50. The Morgan fingerprint density at radius 2 is 1.72 bits per heavy atom. The molecular weight excluding hydrogens is 376 g/mol. The second-order valence-electron chi connectivity index (χ2n) is 10.7. The van der Waals surface area contributed by atoms with E-state index in [1.54, 1.807) is 13.8 Å². The van der Waals surface area contributed by atoms with E-state index in [1.807, 2.05) is 20.8 Å². The van der Waals surface area contributed by atoms with E-state index in [2.05, 4.69) is 24.5 Å². The van der Waals surface area contributed by atoms with E-state index in [-0.39, 0.29) is 23.5 Å². The lowest BCUT2D eigenvalue weighted by Gasteiger charge is -2.46. The van der Waals surface area contributed by atoms with Crippen LogP contribution in [0, 0.1) is 10.8 Å². The molecule has 8 nitrogen and oxygen atoms in total. The highest BCUT2D eigenvalue weighted by atomic mass is 16.6. The summed E-state index contributed by atoms with van der Waals surface area (Å²) in [6.45, 7) is 14.2. The highest BCUT2D eigenvalue weighted by Gasteiger charge is 2.42. The van der Waals surface area contributed by atoms with Gasteiger partial charge in [-0.3, -0.25) is 0 Å². The third-order valence-electron chi connectivity index (χ3n) is 5.38. The summed E-state index contributed by atoms with van der Waals surface area (Å²) in [7, 11) is 0. The van der Waals surface area contributed by atoms with E-state index >= 15 is 0 Å². The highest BCUT2D eigenvalue weighted by Crippen LogP contribution is 2.45. The van der Waals surface area contributed by atoms with Gasteiger partial charge in [-0.2, -0.15) is 0 Å². The number of ether oxygens (including phenoxy) is 2. The summed E-state index contributed by atoms with van der Waals surface area (Å²) in [4.78, 5) is 23.4. The molecule has 0 heterocycles. The lowest BCUT2D eigenvalue weighted by atomic mass is 9.62. The van der Waals surface area contributed by atoms with Crippen molar-refractivity contribution in [1.82, 2.24) is 10.6 Å². The molecule has 0 aromatic carbocycles. The maximum atomic E-state index is 12.5. The molecule has 2 amide bonds. The summed E-state index contributed by atoms with van der Waals surface area (Å²) in [5.74, 6) is 0. The van der Waals surface area contributed by atoms with Crippen molar-refractivity contribution >= 4 is 12.2 Å². The Hall–Kier alpha value is -1.54. The molecule has 1 aliphatic rings. The maximum Gasteiger partial charge on any atom is 0.407 e. The molecule has 0 aromatic heterocycles. The second-order valence-corrected chi connectivity index (χ2v) is 10.7. The third kappa shape index (κ3) is 9.67. The van der Waals surface area contributed by atoms with Crippen molar-refractivity contribution in [3.63, 3.8) is 0 Å². The summed E-state index contributed by atoms with van der Waals surface area (Å²) >= 11 is 0. The van der Waals surface area contributed by atoms with Gasteiger partial charge in [-0.05, 0) is 57.8 Å². The number of carbonyl (C=O) groups is 2. The largest absolute Gasteiger partial charge is 0.465 e. The Bertz CT molecular complexity index is 576. The minimum Gasteiger partial charge on any atom is -0.465 e. The minimum absolute atomic E-state index is 0.0234. The lowest BCUT2D eigenvalue weighted by molar-refractivity contribution is -0.0738. The van der Waals surface area contributed by atoms with Gasteiger partial charge in [0.2, 0.25) is 0 Å². The fourth-order valence-corrected chi connectivity index (χ4v) is 4.28. The van der Waals surface area contributed by atoms with Crippen LogP contribution in [0.4, 0.5) is 9.59 Å². The number of alkyl carbamates (subject to hydrolysis) is 1. The molecule has 29 heavy (non-hydrogen) atoms. The normalized spacial score (nSPS) is 24.6. The van der Waals surface area contributed by atoms with E-state index < -0.39 is 23.4 Å². The summed E-state index contributed by atoms with van der Waals surface area (Å²) in [6, 6.07) is -0.0905. The molecule has 0 saturated heterocycles. The summed E-state index contributed by atoms with van der Waals surface area (Å²) in [5.41, 5.74) is -1.60. The van der Waals surface area contributed by atoms with Crippen molar-refractivity contribution in [2.45, 2.75) is 91.4 Å². The van der Waals surface area contributed by atoms with E-state index in [0.717, 1.165) is 12.8 Å². The minimum atomic E-state index is -1.04. The predicted molar refractivity (Wildman–Crippen MR) is 111 cm³/mol. The number of aliphatic hydroxyl groups excluding tert-OH is 1. The van der Waals surface area contributed by atoms with Gasteiger partial charge in [0.15, 0.2) is 0 Å². The Kier molecular flexibility index (Phi) is 8.36. The molecule has 2 atom stereocenters. The number of carboxylic acid groups (broad SMARTS) is 1. The van der Waals surface area contributed by atoms with Crippen LogP contribution in [-0.4, -0.2) is 59.4 Å². The first-order valence-corrected chi connectivity index (χ1v) is 10.3. The number of aliphatic hydroxyl groups is 1. The van der Waals surface area contributed by atoms with Gasteiger partial charge in [0.1, 0.15) is 5.60 Å². The van der Waals surface area contributed by atoms with Gasteiger partial charge in [0, 0.05) is 19.0 Å². The smallest absolute Gasteiger partial charge is 0.407 e. The van der Waals surface area contributed by atoms with Gasteiger partial charge in [-0.1, -0.05) is 20.8 Å². The van der Waals surface area contributed by atoms with Gasteiger partial charge in [-0.25, -0.2) is 9.59 Å². The molecule has 0 bridgehead atoms. The first-order chi connectivity index (χ1) is 13.1. The molecule has 0 spiro atoms. The lowest BCUT2D eigenvalue weighted by Crippen LogP contribution is -2.51. The van der Waals surface area contributed by atoms with Crippen molar-refractivity contribution in [2.75, 3.05) is 19.8 Å². The first-order valence-electron chi connectivity index (χ1n) is 10.3. The molecule has 1 aliphatic carbocycles. The standard InChI is InChI=1S/C21H40N2O6/c1-18(2)10-15(11-21(7,12-18)13-22-16(25)26)23-17(27)29-19(3,4)8-9-28-20(5,6)14-24/h15,22,24H,8-14H2,1-7H3,(H,23,27)(H,25,26). The van der Waals surface area contributed by atoms with E-state index in [9.17, 15) is 14.7 Å². The van der Waals surface area contributed by atoms with Crippen LogP contribution in [0.15, 0.2) is 0 Å². The highest BCUT2D eigenvalue weighted by molar-refractivity contribution is 5.68. The SMILES string of the molecule is CC1(C)CC(NC(=O)OC(C)(C)CCOC(C)(C)CO)CC(C)(CNC(=O)O)C1. The van der Waals surface area contributed by atoms with Gasteiger partial charge in [0.05, 0.1) is 18.8 Å². The zero-order valence-corrected chi connectivity index (χ0v) is 19.1. The summed E-state index contributed by atoms with van der Waals surface area (Å²) < 4.78 is 11.3. The molecule has 170 valence electrons. The number of rotatable bonds is 9. The maximum absolute atomic E-state index is 12.5. The molecule has 0 radical (unpaired) electrons. The van der Waals surface area contributed by atoms with E-state index in [1.165, 1.54) is 0 Å². The molecular formula is C21H40N2O6. The number of hydrogen-bond acceptors (Lipinski definition) is 5. The summed E-state index contributed by atoms with van der Waals surface area (Å²) in [6.07, 6.45) is 1.34. The van der Waals surface area contributed by atoms with Crippen molar-refractivity contribution in [1.29, 1.82) is 0 Å². The molecule has 8 heteroatoms. The van der Waals surface area contributed by atoms with Crippen LogP contribution in [0.3, 0.4) is 0 Å². The monoisotopic (exact) mass is 416 g/mol. The fourth-order valence-electron chi connectivity index (χ4n) is 4.28. The molecule has 0 aliphatic heterocycles. The molecule has 1 saturated carbocycles. The van der Waals surface area contributed by atoms with Gasteiger partial charge >= 0.3 is 12.2 Å². The van der Waals surface area contributed by atoms with Crippen molar-refractivity contribution in [3.8, 4) is 0 Å². The molecule has 4 N–H and O–H groups in total. The van der Waals surface area contributed by atoms with Crippen LogP contribution in [-0.2, 0) is 9.47 Å². The van der Waals surface area contributed by atoms with Crippen molar-refractivity contribution in [2.24, 2.45) is 10.8 Å². The van der Waals surface area contributed by atoms with Crippen LogP contribution in [0.25, 0.3) is 0 Å². The van der Waals surface area contributed by atoms with Crippen LogP contribution >= 0.6 is 0 Å². The van der Waals surface area contributed by atoms with Gasteiger partial charge in [-0.15, -0.1) is 0 Å². The molecule has 1 fully saturated rings. The second kappa shape index (κ2) is 9.51. The van der Waals surface area contributed by atoms with Gasteiger partial charge in [0.25, 0.3) is 0 Å². The molecule has 2 unspecified atom stereocenters. The predicted octanol–water partition coefficient (Wildman–Crippen LogP) is 3.52. The van der Waals surface area contributed by atoms with Crippen molar-refractivity contribution in [3.05, 3.63) is 0 Å². The van der Waals surface area contributed by atoms with Gasteiger partial charge < -0.3 is 30.3 Å². The van der Waals surface area contributed by atoms with Crippen LogP contribution in [0.1, 0.15) is 74.1 Å². The average molecular weight is 417 g/mol. The topological polar surface area (TPSA) is 117 Å². The quantitative estimate of drug-likeness (QED) is 0.457. The van der Waals surface area contributed by atoms with E-state index in [4.69, 9.17) is 14.6 Å². The molecule has 0 aromatic rings. The Morgan fingerprint density at radius 3 is 2.28 bits per heavy atom. The summed E-state index contributed by atoms with van der Waals surface area (Å²) in [5, 5.41) is 23.6. The molecule has 1 rings (SSSR count). The number of nitrogens with one attached hydrogen (secondary N) is 2. The number of carbonyl (C=O) groups excluding carboxylic acids is 1. The van der Waals surface area contributed by atoms with Crippen molar-refractivity contribution < 1.29 is 29.3 Å². The van der Waals surface area contributed by atoms with Crippen LogP contribution in [0.2, 0.25) is 0 Å². The number of hydrogen-bond donors (Lipinski definition) is 4. The van der Waals surface area contributed by atoms with E-state index in [0.29, 0.717) is 26.0 Å². The number of amides is 2. The third-order valence-corrected chi connectivity index (χ3v) is 5.38. The Labute approximate surface area is 174 Å². The van der Waals surface area contributed by atoms with Crippen LogP contribution < -0.4 is 10.6 Å². The zero-order chi connectivity index (χ0) is 22.5.